The molecule has 0 spiro atoms. The van der Waals surface area contributed by atoms with Gasteiger partial charge in [-0.05, 0) is 56.2 Å². The van der Waals surface area contributed by atoms with Crippen LogP contribution in [0.3, 0.4) is 0 Å². The van der Waals surface area contributed by atoms with Gasteiger partial charge < -0.3 is 16.0 Å². The maximum atomic E-state index is 12.3. The van der Waals surface area contributed by atoms with Gasteiger partial charge in [-0.15, -0.1) is 0 Å². The molecule has 0 aliphatic heterocycles. The highest BCUT2D eigenvalue weighted by Gasteiger charge is 2.14. The molecule has 0 unspecified atom stereocenters. The number of para-hydroxylation sites is 1. The largest absolute Gasteiger partial charge is 0.350 e. The molecule has 0 bridgehead atoms. The van der Waals surface area contributed by atoms with E-state index in [4.69, 9.17) is 12.2 Å². The summed E-state index contributed by atoms with van der Waals surface area (Å²) in [5.74, 6) is -0.405. The zero-order chi connectivity index (χ0) is 19.1. The van der Waals surface area contributed by atoms with Crippen molar-refractivity contribution in [3.8, 4) is 0 Å². The number of benzene rings is 2. The zero-order valence-electron chi connectivity index (χ0n) is 15.1. The van der Waals surface area contributed by atoms with Crippen LogP contribution >= 0.6 is 12.2 Å². The van der Waals surface area contributed by atoms with Crippen molar-refractivity contribution >= 4 is 34.8 Å². The van der Waals surface area contributed by atoms with Crippen LogP contribution in [0.4, 0.5) is 5.69 Å². The third kappa shape index (κ3) is 5.67. The molecule has 2 amide bonds. The van der Waals surface area contributed by atoms with Crippen LogP contribution in [0.1, 0.15) is 35.3 Å². The van der Waals surface area contributed by atoms with Crippen molar-refractivity contribution in [3.05, 3.63) is 65.2 Å². The standard InChI is InChI=1S/C20H23N3O2S/c1-13(2)21-19(25)16-10-6-7-11-17(16)22-20(26)23-18(24)12-15-9-5-4-8-14(15)3/h4-11,13H,12H2,1-3H3,(H,21,25)(H2,22,23,24,26). The number of hydrogen-bond donors (Lipinski definition) is 3. The smallest absolute Gasteiger partial charge is 0.253 e. The van der Waals surface area contributed by atoms with E-state index in [1.807, 2.05) is 45.0 Å². The molecule has 0 saturated heterocycles. The van der Waals surface area contributed by atoms with E-state index in [1.165, 1.54) is 0 Å². The predicted molar refractivity (Wildman–Crippen MR) is 108 cm³/mol. The lowest BCUT2D eigenvalue weighted by Crippen LogP contribution is -2.36. The van der Waals surface area contributed by atoms with E-state index in [0.717, 1.165) is 11.1 Å². The van der Waals surface area contributed by atoms with Crippen LogP contribution < -0.4 is 16.0 Å². The van der Waals surface area contributed by atoms with Crippen molar-refractivity contribution in [2.45, 2.75) is 33.2 Å². The second-order valence-corrected chi connectivity index (χ2v) is 6.69. The van der Waals surface area contributed by atoms with Gasteiger partial charge in [0, 0.05) is 6.04 Å². The number of hydrogen-bond acceptors (Lipinski definition) is 3. The van der Waals surface area contributed by atoms with Crippen molar-refractivity contribution in [3.63, 3.8) is 0 Å². The van der Waals surface area contributed by atoms with Crippen LogP contribution in [0.5, 0.6) is 0 Å². The normalized spacial score (nSPS) is 10.3. The Kier molecular flexibility index (Phi) is 6.86. The van der Waals surface area contributed by atoms with Gasteiger partial charge in [0.05, 0.1) is 17.7 Å². The summed E-state index contributed by atoms with van der Waals surface area (Å²) in [6.45, 7) is 5.75. The molecule has 2 rings (SSSR count). The Bertz CT molecular complexity index is 818. The van der Waals surface area contributed by atoms with E-state index < -0.39 is 0 Å². The number of amides is 2. The van der Waals surface area contributed by atoms with Gasteiger partial charge in [0.2, 0.25) is 5.91 Å². The Balaban J connectivity index is 2.01. The first-order valence-electron chi connectivity index (χ1n) is 8.42. The molecule has 2 aromatic rings. The van der Waals surface area contributed by atoms with Crippen LogP contribution in [0.25, 0.3) is 0 Å². The Morgan fingerprint density at radius 3 is 2.38 bits per heavy atom. The fourth-order valence-electron chi connectivity index (χ4n) is 2.44. The van der Waals surface area contributed by atoms with Crippen molar-refractivity contribution in [2.24, 2.45) is 0 Å². The Labute approximate surface area is 159 Å². The van der Waals surface area contributed by atoms with Crippen LogP contribution in [0, 0.1) is 6.92 Å². The van der Waals surface area contributed by atoms with E-state index in [0.29, 0.717) is 11.3 Å². The molecular formula is C20H23N3O2S. The summed E-state index contributed by atoms with van der Waals surface area (Å²) in [6.07, 6.45) is 0.240. The van der Waals surface area contributed by atoms with E-state index in [1.54, 1.807) is 24.3 Å². The molecule has 0 fully saturated rings. The molecule has 0 radical (unpaired) electrons. The highest BCUT2D eigenvalue weighted by Crippen LogP contribution is 2.15. The fourth-order valence-corrected chi connectivity index (χ4v) is 2.66. The molecule has 3 N–H and O–H groups in total. The van der Waals surface area contributed by atoms with Crippen molar-refractivity contribution < 1.29 is 9.59 Å². The third-order valence-electron chi connectivity index (χ3n) is 3.70. The number of carbonyl (C=O) groups excluding carboxylic acids is 2. The number of rotatable bonds is 5. The molecule has 136 valence electrons. The van der Waals surface area contributed by atoms with Crippen LogP contribution in [0.2, 0.25) is 0 Å². The minimum Gasteiger partial charge on any atom is -0.350 e. The molecular weight excluding hydrogens is 346 g/mol. The molecule has 0 saturated carbocycles. The van der Waals surface area contributed by atoms with Crippen LogP contribution in [0.15, 0.2) is 48.5 Å². The Hall–Kier alpha value is -2.73. The molecule has 2 aromatic carbocycles. The summed E-state index contributed by atoms with van der Waals surface area (Å²) in [5, 5.41) is 8.60. The second-order valence-electron chi connectivity index (χ2n) is 6.28. The van der Waals surface area contributed by atoms with Crippen LogP contribution in [-0.4, -0.2) is 23.0 Å². The first kappa shape index (κ1) is 19.6. The van der Waals surface area contributed by atoms with E-state index >= 15 is 0 Å². The second kappa shape index (κ2) is 9.10. The van der Waals surface area contributed by atoms with Gasteiger partial charge in [-0.25, -0.2) is 0 Å². The first-order valence-corrected chi connectivity index (χ1v) is 8.83. The van der Waals surface area contributed by atoms with Gasteiger partial charge in [0.15, 0.2) is 5.11 Å². The van der Waals surface area contributed by atoms with Crippen molar-refractivity contribution in [2.75, 3.05) is 5.32 Å². The van der Waals surface area contributed by atoms with Gasteiger partial charge in [-0.2, -0.15) is 0 Å². The molecule has 0 aliphatic rings. The van der Waals surface area contributed by atoms with Crippen LogP contribution in [-0.2, 0) is 11.2 Å². The summed E-state index contributed by atoms with van der Waals surface area (Å²) >= 11 is 5.22. The van der Waals surface area contributed by atoms with Gasteiger partial charge in [-0.3, -0.25) is 9.59 Å². The van der Waals surface area contributed by atoms with Gasteiger partial charge >= 0.3 is 0 Å². The molecule has 26 heavy (non-hydrogen) atoms. The summed E-state index contributed by atoms with van der Waals surface area (Å²) in [4.78, 5) is 24.5. The zero-order valence-corrected chi connectivity index (χ0v) is 15.9. The highest BCUT2D eigenvalue weighted by atomic mass is 32.1. The predicted octanol–water partition coefficient (Wildman–Crippen LogP) is 3.19. The average Bonchev–Trinajstić information content (AvgIpc) is 2.56. The lowest BCUT2D eigenvalue weighted by atomic mass is 10.1. The summed E-state index contributed by atoms with van der Waals surface area (Å²) in [5.41, 5.74) is 3.02. The monoisotopic (exact) mass is 369 g/mol. The Morgan fingerprint density at radius 1 is 1.04 bits per heavy atom. The molecule has 0 aliphatic carbocycles. The molecule has 0 heterocycles. The molecule has 6 heteroatoms. The SMILES string of the molecule is Cc1ccccc1CC(=O)NC(=S)Nc1ccccc1C(=O)NC(C)C. The van der Waals surface area contributed by atoms with E-state index in [2.05, 4.69) is 16.0 Å². The number of aryl methyl sites for hydroxylation is 1. The minimum atomic E-state index is -0.207. The van der Waals surface area contributed by atoms with Gasteiger partial charge in [0.1, 0.15) is 0 Å². The molecule has 0 atom stereocenters. The number of nitrogens with one attached hydrogen (secondary N) is 3. The van der Waals surface area contributed by atoms with Crippen molar-refractivity contribution in [1.29, 1.82) is 0 Å². The van der Waals surface area contributed by atoms with Gasteiger partial charge in [-0.1, -0.05) is 36.4 Å². The first-order chi connectivity index (χ1) is 12.4. The minimum absolute atomic E-state index is 0.0244. The lowest BCUT2D eigenvalue weighted by molar-refractivity contribution is -0.119. The third-order valence-corrected chi connectivity index (χ3v) is 3.91. The number of thiocarbonyl (C=S) groups is 1. The maximum Gasteiger partial charge on any atom is 0.253 e. The lowest BCUT2D eigenvalue weighted by Gasteiger charge is -2.15. The number of carbonyl (C=O) groups is 2. The van der Waals surface area contributed by atoms with Gasteiger partial charge in [0.25, 0.3) is 5.91 Å². The van der Waals surface area contributed by atoms with E-state index in [9.17, 15) is 9.59 Å². The maximum absolute atomic E-state index is 12.3. The summed E-state index contributed by atoms with van der Waals surface area (Å²) < 4.78 is 0. The summed E-state index contributed by atoms with van der Waals surface area (Å²) in [6, 6.07) is 14.8. The Morgan fingerprint density at radius 2 is 1.69 bits per heavy atom. The van der Waals surface area contributed by atoms with Crippen molar-refractivity contribution in [1.82, 2.24) is 10.6 Å². The topological polar surface area (TPSA) is 70.2 Å². The highest BCUT2D eigenvalue weighted by molar-refractivity contribution is 7.80. The quantitative estimate of drug-likeness (QED) is 0.708. The molecule has 5 nitrogen and oxygen atoms in total. The summed E-state index contributed by atoms with van der Waals surface area (Å²) in [7, 11) is 0. The number of anilines is 1. The fraction of sp³-hybridized carbons (Fsp3) is 0.250. The van der Waals surface area contributed by atoms with E-state index in [-0.39, 0.29) is 29.4 Å². The average molecular weight is 369 g/mol. The molecule has 0 aromatic heterocycles.